The molecule has 16 heavy (non-hydrogen) atoms. The molecular formula is C11H21N5. The van der Waals surface area contributed by atoms with Crippen LogP contribution in [0.5, 0.6) is 0 Å². The van der Waals surface area contributed by atoms with Crippen LogP contribution in [0.4, 0.5) is 0 Å². The second-order valence-electron chi connectivity index (χ2n) is 5.38. The minimum Gasteiger partial charge on any atom is -0.310 e. The molecule has 0 aliphatic heterocycles. The van der Waals surface area contributed by atoms with Crippen molar-refractivity contribution in [3.63, 3.8) is 0 Å². The molecule has 1 aliphatic rings. The lowest BCUT2D eigenvalue weighted by Crippen LogP contribution is -2.19. The summed E-state index contributed by atoms with van der Waals surface area (Å²) in [5.41, 5.74) is 0.437. The molecule has 0 radical (unpaired) electrons. The first-order chi connectivity index (χ1) is 7.62. The zero-order chi connectivity index (χ0) is 11.6. The largest absolute Gasteiger partial charge is 0.310 e. The number of aromatic nitrogens is 4. The van der Waals surface area contributed by atoms with Gasteiger partial charge in [-0.3, -0.25) is 0 Å². The molecule has 1 aromatic rings. The maximum absolute atomic E-state index is 4.13. The second kappa shape index (κ2) is 4.49. The predicted octanol–water partition coefficient (Wildman–Crippen LogP) is 1.53. The summed E-state index contributed by atoms with van der Waals surface area (Å²) in [6, 6.07) is 0.485. The van der Waals surface area contributed by atoms with E-state index < -0.39 is 0 Å². The molecule has 1 atom stereocenters. The van der Waals surface area contributed by atoms with E-state index >= 15 is 0 Å². The number of nitrogens with one attached hydrogen (secondary N) is 1. The van der Waals surface area contributed by atoms with Crippen molar-refractivity contribution in [1.29, 1.82) is 0 Å². The average molecular weight is 223 g/mol. The molecule has 1 fully saturated rings. The molecule has 0 amide bonds. The number of tetrazole rings is 1. The topological polar surface area (TPSA) is 55.6 Å². The number of nitrogens with zero attached hydrogens (tertiary/aromatic N) is 4. The highest BCUT2D eigenvalue weighted by Crippen LogP contribution is 2.43. The molecule has 1 unspecified atom stereocenters. The zero-order valence-corrected chi connectivity index (χ0v) is 10.4. The number of rotatable bonds is 4. The van der Waals surface area contributed by atoms with Crippen molar-refractivity contribution in [2.45, 2.75) is 52.6 Å². The molecule has 90 valence electrons. The van der Waals surface area contributed by atoms with E-state index in [1.165, 1.54) is 19.3 Å². The standard InChI is InChI=1S/C11H21N5/c1-4-12-8-10-13-14-15-16(10)9-5-6-11(2,3)7-9/h9,12H,4-8H2,1-3H3. The summed E-state index contributed by atoms with van der Waals surface area (Å²) in [7, 11) is 0. The molecule has 1 heterocycles. The van der Waals surface area contributed by atoms with E-state index in [1.54, 1.807) is 0 Å². The zero-order valence-electron chi connectivity index (χ0n) is 10.4. The highest BCUT2D eigenvalue weighted by Gasteiger charge is 2.33. The number of hydrogen-bond acceptors (Lipinski definition) is 4. The molecule has 5 heteroatoms. The van der Waals surface area contributed by atoms with Crippen LogP contribution in [0.25, 0.3) is 0 Å². The van der Waals surface area contributed by atoms with Crippen LogP contribution in [0.3, 0.4) is 0 Å². The van der Waals surface area contributed by atoms with Crippen LogP contribution >= 0.6 is 0 Å². The SMILES string of the molecule is CCNCc1nnnn1C1CCC(C)(C)C1. The lowest BCUT2D eigenvalue weighted by atomic mass is 9.92. The molecule has 0 bridgehead atoms. The third-order valence-electron chi connectivity index (χ3n) is 3.38. The molecule has 0 saturated heterocycles. The van der Waals surface area contributed by atoms with Crippen LogP contribution in [0, 0.1) is 5.41 Å². The summed E-state index contributed by atoms with van der Waals surface area (Å²) in [4.78, 5) is 0. The molecule has 0 aromatic carbocycles. The fourth-order valence-corrected chi connectivity index (χ4v) is 2.46. The molecule has 1 aromatic heterocycles. The van der Waals surface area contributed by atoms with Gasteiger partial charge in [0.1, 0.15) is 0 Å². The van der Waals surface area contributed by atoms with Crippen molar-refractivity contribution in [3.05, 3.63) is 5.82 Å². The molecule has 1 aliphatic carbocycles. The Kier molecular flexibility index (Phi) is 3.23. The molecular weight excluding hydrogens is 202 g/mol. The Morgan fingerprint density at radius 3 is 2.94 bits per heavy atom. The molecule has 2 rings (SSSR count). The van der Waals surface area contributed by atoms with Gasteiger partial charge in [-0.05, 0) is 41.6 Å². The van der Waals surface area contributed by atoms with E-state index in [9.17, 15) is 0 Å². The van der Waals surface area contributed by atoms with Gasteiger partial charge in [0.15, 0.2) is 5.82 Å². The van der Waals surface area contributed by atoms with Gasteiger partial charge in [0.25, 0.3) is 0 Å². The van der Waals surface area contributed by atoms with Crippen molar-refractivity contribution in [2.24, 2.45) is 5.41 Å². The Hall–Kier alpha value is -0.970. The average Bonchev–Trinajstić information content (AvgIpc) is 2.81. The highest BCUT2D eigenvalue weighted by molar-refractivity contribution is 4.90. The Morgan fingerprint density at radius 1 is 1.50 bits per heavy atom. The summed E-state index contributed by atoms with van der Waals surface area (Å²) in [6.45, 7) is 8.44. The van der Waals surface area contributed by atoms with Crippen molar-refractivity contribution in [1.82, 2.24) is 25.5 Å². The van der Waals surface area contributed by atoms with E-state index in [0.29, 0.717) is 11.5 Å². The fourth-order valence-electron chi connectivity index (χ4n) is 2.46. The summed E-state index contributed by atoms with van der Waals surface area (Å²) >= 11 is 0. The molecule has 0 spiro atoms. The van der Waals surface area contributed by atoms with Gasteiger partial charge in [-0.25, -0.2) is 4.68 Å². The fraction of sp³-hybridized carbons (Fsp3) is 0.909. The lowest BCUT2D eigenvalue weighted by Gasteiger charge is -2.17. The normalized spacial score (nSPS) is 23.8. The van der Waals surface area contributed by atoms with Gasteiger partial charge in [-0.2, -0.15) is 0 Å². The minimum absolute atomic E-state index is 0.437. The smallest absolute Gasteiger partial charge is 0.165 e. The van der Waals surface area contributed by atoms with Gasteiger partial charge in [0.2, 0.25) is 0 Å². The molecule has 1 saturated carbocycles. The van der Waals surface area contributed by atoms with Crippen LogP contribution in [-0.4, -0.2) is 26.8 Å². The second-order valence-corrected chi connectivity index (χ2v) is 5.38. The summed E-state index contributed by atoms with van der Waals surface area (Å²) in [6.07, 6.45) is 3.63. The Morgan fingerprint density at radius 2 is 2.31 bits per heavy atom. The van der Waals surface area contributed by atoms with E-state index in [-0.39, 0.29) is 0 Å². The Balaban J connectivity index is 2.06. The van der Waals surface area contributed by atoms with Gasteiger partial charge in [-0.1, -0.05) is 20.8 Å². The molecule has 5 nitrogen and oxygen atoms in total. The number of hydrogen-bond donors (Lipinski definition) is 1. The van der Waals surface area contributed by atoms with Crippen LogP contribution in [0.2, 0.25) is 0 Å². The maximum Gasteiger partial charge on any atom is 0.165 e. The van der Waals surface area contributed by atoms with Gasteiger partial charge < -0.3 is 5.32 Å². The third kappa shape index (κ3) is 2.40. The highest BCUT2D eigenvalue weighted by atomic mass is 15.6. The van der Waals surface area contributed by atoms with Crippen molar-refractivity contribution in [2.75, 3.05) is 6.54 Å². The first-order valence-electron chi connectivity index (χ1n) is 6.10. The summed E-state index contributed by atoms with van der Waals surface area (Å²) in [5.74, 6) is 0.963. The van der Waals surface area contributed by atoms with Crippen molar-refractivity contribution < 1.29 is 0 Å². The summed E-state index contributed by atoms with van der Waals surface area (Å²) < 4.78 is 2.01. The van der Waals surface area contributed by atoms with Crippen LogP contribution in [-0.2, 0) is 6.54 Å². The van der Waals surface area contributed by atoms with Crippen molar-refractivity contribution in [3.8, 4) is 0 Å². The van der Waals surface area contributed by atoms with E-state index in [1.807, 2.05) is 4.68 Å². The minimum atomic E-state index is 0.437. The van der Waals surface area contributed by atoms with Crippen LogP contribution < -0.4 is 5.32 Å². The van der Waals surface area contributed by atoms with Gasteiger partial charge in [-0.15, -0.1) is 5.10 Å². The lowest BCUT2D eigenvalue weighted by molar-refractivity contribution is 0.342. The van der Waals surface area contributed by atoms with Gasteiger partial charge in [0.05, 0.1) is 12.6 Å². The van der Waals surface area contributed by atoms with E-state index in [4.69, 9.17) is 0 Å². The van der Waals surface area contributed by atoms with Gasteiger partial charge in [0, 0.05) is 0 Å². The predicted molar refractivity (Wildman–Crippen MR) is 61.9 cm³/mol. The first-order valence-corrected chi connectivity index (χ1v) is 6.10. The van der Waals surface area contributed by atoms with Crippen molar-refractivity contribution >= 4 is 0 Å². The monoisotopic (exact) mass is 223 g/mol. The third-order valence-corrected chi connectivity index (χ3v) is 3.38. The van der Waals surface area contributed by atoms with E-state index in [2.05, 4.69) is 41.6 Å². The van der Waals surface area contributed by atoms with E-state index in [0.717, 1.165) is 18.9 Å². The first kappa shape index (κ1) is 11.5. The molecule has 1 N–H and O–H groups in total. The maximum atomic E-state index is 4.13. The van der Waals surface area contributed by atoms with Crippen LogP contribution in [0.1, 0.15) is 51.9 Å². The van der Waals surface area contributed by atoms with Crippen LogP contribution in [0.15, 0.2) is 0 Å². The Labute approximate surface area is 96.6 Å². The quantitative estimate of drug-likeness (QED) is 0.841. The van der Waals surface area contributed by atoms with Gasteiger partial charge >= 0.3 is 0 Å². The summed E-state index contributed by atoms with van der Waals surface area (Å²) in [5, 5.41) is 15.3. The Bertz CT molecular complexity index is 344.